The maximum atomic E-state index is 12.3. The fourth-order valence-corrected chi connectivity index (χ4v) is 3.75. The van der Waals surface area contributed by atoms with Crippen LogP contribution in [0.3, 0.4) is 0 Å². The number of methoxy groups -OCH3 is 1. The minimum Gasteiger partial charge on any atom is -0.377 e. The molecule has 1 aliphatic rings. The summed E-state index contributed by atoms with van der Waals surface area (Å²) in [4.78, 5) is -0.0798. The zero-order chi connectivity index (χ0) is 14.8. The molecule has 7 heteroatoms. The van der Waals surface area contributed by atoms with E-state index in [1.165, 1.54) is 18.2 Å². The number of rotatable bonds is 5. The van der Waals surface area contributed by atoms with Crippen molar-refractivity contribution < 1.29 is 13.2 Å². The molecule has 0 amide bonds. The summed E-state index contributed by atoms with van der Waals surface area (Å²) in [5, 5.41) is 8.93. The molecule has 1 saturated carbocycles. The van der Waals surface area contributed by atoms with Gasteiger partial charge in [0.2, 0.25) is 10.0 Å². The highest BCUT2D eigenvalue weighted by molar-refractivity contribution is 7.89. The Morgan fingerprint density at radius 1 is 1.50 bits per heavy atom. The van der Waals surface area contributed by atoms with Gasteiger partial charge in [-0.15, -0.1) is 0 Å². The van der Waals surface area contributed by atoms with Gasteiger partial charge in [0.05, 0.1) is 22.3 Å². The van der Waals surface area contributed by atoms with E-state index in [0.717, 1.165) is 19.3 Å². The van der Waals surface area contributed by atoms with Gasteiger partial charge in [-0.05, 0) is 37.5 Å². The highest BCUT2D eigenvalue weighted by Crippen LogP contribution is 2.34. The van der Waals surface area contributed by atoms with E-state index in [1.807, 2.05) is 6.07 Å². The molecule has 0 saturated heterocycles. The monoisotopic (exact) mass is 314 g/mol. The van der Waals surface area contributed by atoms with E-state index in [-0.39, 0.29) is 22.0 Å². The molecular formula is C13H15ClN2O3S. The lowest BCUT2D eigenvalue weighted by molar-refractivity contribution is -0.0659. The van der Waals surface area contributed by atoms with Gasteiger partial charge < -0.3 is 4.74 Å². The van der Waals surface area contributed by atoms with E-state index in [4.69, 9.17) is 21.6 Å². The second-order valence-corrected chi connectivity index (χ2v) is 6.96. The van der Waals surface area contributed by atoms with Gasteiger partial charge in [-0.25, -0.2) is 13.1 Å². The van der Waals surface area contributed by atoms with Crippen molar-refractivity contribution >= 4 is 21.6 Å². The van der Waals surface area contributed by atoms with E-state index < -0.39 is 15.6 Å². The fourth-order valence-electron chi connectivity index (χ4n) is 2.11. The molecule has 0 aromatic heterocycles. The fraction of sp³-hybridized carbons (Fsp3) is 0.462. The van der Waals surface area contributed by atoms with Crippen LogP contribution < -0.4 is 4.72 Å². The number of nitriles is 1. The first-order valence-electron chi connectivity index (χ1n) is 6.17. The third-order valence-electron chi connectivity index (χ3n) is 3.63. The van der Waals surface area contributed by atoms with Gasteiger partial charge in [-0.3, -0.25) is 0 Å². The average Bonchev–Trinajstić information content (AvgIpc) is 2.38. The highest BCUT2D eigenvalue weighted by atomic mass is 35.5. The van der Waals surface area contributed by atoms with Crippen LogP contribution in [-0.4, -0.2) is 27.7 Å². The van der Waals surface area contributed by atoms with Crippen LogP contribution in [0.15, 0.2) is 23.1 Å². The molecule has 1 aromatic rings. The van der Waals surface area contributed by atoms with Crippen molar-refractivity contribution in [2.75, 3.05) is 13.7 Å². The van der Waals surface area contributed by atoms with Gasteiger partial charge in [0.15, 0.2) is 0 Å². The third-order valence-corrected chi connectivity index (χ3v) is 5.51. The first kappa shape index (κ1) is 15.3. The average molecular weight is 315 g/mol. The number of hydrogen-bond donors (Lipinski definition) is 1. The molecular weight excluding hydrogens is 300 g/mol. The molecule has 20 heavy (non-hydrogen) atoms. The van der Waals surface area contributed by atoms with Crippen molar-refractivity contribution in [2.45, 2.75) is 29.8 Å². The number of hydrogen-bond acceptors (Lipinski definition) is 4. The molecule has 0 spiro atoms. The van der Waals surface area contributed by atoms with E-state index >= 15 is 0 Å². The van der Waals surface area contributed by atoms with Crippen molar-refractivity contribution in [1.29, 1.82) is 5.26 Å². The van der Waals surface area contributed by atoms with Crippen molar-refractivity contribution in [3.8, 4) is 6.07 Å². The molecule has 0 unspecified atom stereocenters. The molecule has 1 fully saturated rings. The molecule has 1 aromatic carbocycles. The van der Waals surface area contributed by atoms with Gasteiger partial charge in [-0.1, -0.05) is 11.6 Å². The minimum absolute atomic E-state index is 0.0798. The van der Waals surface area contributed by atoms with E-state index in [2.05, 4.69) is 4.72 Å². The maximum Gasteiger partial charge on any atom is 0.242 e. The number of sulfonamides is 1. The molecule has 108 valence electrons. The lowest BCUT2D eigenvalue weighted by atomic mass is 9.80. The number of halogens is 1. The Balaban J connectivity index is 2.20. The minimum atomic E-state index is -3.76. The van der Waals surface area contributed by atoms with Crippen LogP contribution >= 0.6 is 11.6 Å². The Morgan fingerprint density at radius 3 is 2.70 bits per heavy atom. The van der Waals surface area contributed by atoms with Gasteiger partial charge in [0, 0.05) is 13.7 Å². The molecule has 5 nitrogen and oxygen atoms in total. The Bertz CT molecular complexity index is 643. The zero-order valence-corrected chi connectivity index (χ0v) is 12.6. The summed E-state index contributed by atoms with van der Waals surface area (Å²) in [5.74, 6) is 0. The van der Waals surface area contributed by atoms with Crippen molar-refractivity contribution in [3.63, 3.8) is 0 Å². The Labute approximate surface area is 123 Å². The Morgan fingerprint density at radius 2 is 2.20 bits per heavy atom. The molecule has 1 N–H and O–H groups in total. The zero-order valence-electron chi connectivity index (χ0n) is 11.0. The number of nitrogens with zero attached hydrogens (tertiary/aromatic N) is 1. The first-order valence-corrected chi connectivity index (χ1v) is 8.03. The quantitative estimate of drug-likeness (QED) is 0.902. The van der Waals surface area contributed by atoms with Crippen molar-refractivity contribution in [1.82, 2.24) is 4.72 Å². The first-order chi connectivity index (χ1) is 9.42. The number of nitrogens with one attached hydrogen (secondary N) is 1. The number of ether oxygens (including phenoxy) is 1. The molecule has 0 radical (unpaired) electrons. The summed E-state index contributed by atoms with van der Waals surface area (Å²) >= 11 is 5.91. The van der Waals surface area contributed by atoms with Gasteiger partial charge >= 0.3 is 0 Å². The Hall–Kier alpha value is -1.13. The highest BCUT2D eigenvalue weighted by Gasteiger charge is 2.38. The van der Waals surface area contributed by atoms with Crippen LogP contribution in [0, 0.1) is 11.3 Å². The van der Waals surface area contributed by atoms with Crippen LogP contribution in [0.4, 0.5) is 0 Å². The summed E-state index contributed by atoms with van der Waals surface area (Å²) < 4.78 is 32.4. The molecule has 0 atom stereocenters. The van der Waals surface area contributed by atoms with E-state index in [0.29, 0.717) is 0 Å². The molecule has 0 aliphatic heterocycles. The topological polar surface area (TPSA) is 79.2 Å². The summed E-state index contributed by atoms with van der Waals surface area (Å²) in [6, 6.07) is 6.05. The van der Waals surface area contributed by atoms with Gasteiger partial charge in [-0.2, -0.15) is 5.26 Å². The lowest BCUT2D eigenvalue weighted by Crippen LogP contribution is -2.49. The third kappa shape index (κ3) is 2.96. The summed E-state index contributed by atoms with van der Waals surface area (Å²) in [6.07, 6.45) is 2.69. The van der Waals surface area contributed by atoms with Gasteiger partial charge in [0.1, 0.15) is 4.90 Å². The number of benzene rings is 1. The summed E-state index contributed by atoms with van der Waals surface area (Å²) in [7, 11) is -2.18. The molecule has 1 aliphatic carbocycles. The smallest absolute Gasteiger partial charge is 0.242 e. The van der Waals surface area contributed by atoms with Gasteiger partial charge in [0.25, 0.3) is 0 Å². The van der Waals surface area contributed by atoms with Crippen LogP contribution in [0.2, 0.25) is 5.02 Å². The predicted octanol–water partition coefficient (Wildman–Crippen LogP) is 2.06. The summed E-state index contributed by atoms with van der Waals surface area (Å²) in [6.45, 7) is 0.207. The van der Waals surface area contributed by atoms with Crippen LogP contribution in [0.5, 0.6) is 0 Å². The standard InChI is InChI=1S/C13H15ClN2O3S/c1-19-13(5-2-6-13)9-16-20(17,18)12-7-10(8-15)3-4-11(12)14/h3-4,7,16H,2,5-6,9H2,1H3. The van der Waals surface area contributed by atoms with E-state index in [9.17, 15) is 8.42 Å². The maximum absolute atomic E-state index is 12.3. The SMILES string of the molecule is COC1(CNS(=O)(=O)c2cc(C#N)ccc2Cl)CCC1. The second kappa shape index (κ2) is 5.70. The Kier molecular flexibility index (Phi) is 4.35. The van der Waals surface area contributed by atoms with Crippen LogP contribution in [0.25, 0.3) is 0 Å². The predicted molar refractivity (Wildman–Crippen MR) is 74.9 cm³/mol. The van der Waals surface area contributed by atoms with Crippen LogP contribution in [-0.2, 0) is 14.8 Å². The lowest BCUT2D eigenvalue weighted by Gasteiger charge is -2.40. The normalized spacial score (nSPS) is 17.2. The molecule has 0 heterocycles. The van der Waals surface area contributed by atoms with Crippen LogP contribution in [0.1, 0.15) is 24.8 Å². The molecule has 2 rings (SSSR count). The second-order valence-electron chi connectivity index (χ2n) is 4.82. The molecule has 0 bridgehead atoms. The van der Waals surface area contributed by atoms with Crippen molar-refractivity contribution in [2.24, 2.45) is 0 Å². The largest absolute Gasteiger partial charge is 0.377 e. The summed E-state index contributed by atoms with van der Waals surface area (Å²) in [5.41, 5.74) is -0.160. The van der Waals surface area contributed by atoms with Crippen molar-refractivity contribution in [3.05, 3.63) is 28.8 Å². The van der Waals surface area contributed by atoms with E-state index in [1.54, 1.807) is 7.11 Å².